The van der Waals surface area contributed by atoms with Gasteiger partial charge < -0.3 is 20.3 Å². The number of halogens is 1. The molecule has 7 nitrogen and oxygen atoms in total. The van der Waals surface area contributed by atoms with Gasteiger partial charge in [-0.15, -0.1) is 0 Å². The van der Waals surface area contributed by atoms with Gasteiger partial charge in [0.25, 0.3) is 0 Å². The lowest BCUT2D eigenvalue weighted by atomic mass is 10.0. The van der Waals surface area contributed by atoms with Gasteiger partial charge in [0.15, 0.2) is 0 Å². The number of carboxylic acid groups (broad SMARTS) is 1. The molecule has 1 aromatic heterocycles. The van der Waals surface area contributed by atoms with E-state index in [-0.39, 0.29) is 25.3 Å². The molecule has 0 saturated carbocycles. The van der Waals surface area contributed by atoms with E-state index in [1.54, 1.807) is 6.20 Å². The molecule has 2 aromatic rings. The first-order chi connectivity index (χ1) is 12.3. The summed E-state index contributed by atoms with van der Waals surface area (Å²) in [5, 5.41) is 12.5. The van der Waals surface area contributed by atoms with Gasteiger partial charge >= 0.3 is 5.97 Å². The fraction of sp³-hybridized carbons (Fsp3) is 0.389. The summed E-state index contributed by atoms with van der Waals surface area (Å²) < 4.78 is 14.3. The summed E-state index contributed by atoms with van der Waals surface area (Å²) in [5.74, 6) is -2.43. The molecule has 2 amide bonds. The Balaban J connectivity index is 1.81. The van der Waals surface area contributed by atoms with Gasteiger partial charge in [-0.05, 0) is 11.6 Å². The van der Waals surface area contributed by atoms with E-state index in [0.29, 0.717) is 0 Å². The number of nitrogens with zero attached hydrogens (tertiary/aromatic N) is 1. The molecule has 3 rings (SSSR count). The van der Waals surface area contributed by atoms with E-state index in [1.807, 2.05) is 24.3 Å². The normalized spacial score (nSPS) is 20.9. The van der Waals surface area contributed by atoms with E-state index >= 15 is 0 Å². The van der Waals surface area contributed by atoms with E-state index in [4.69, 9.17) is 5.11 Å². The van der Waals surface area contributed by atoms with Gasteiger partial charge in [-0.2, -0.15) is 0 Å². The van der Waals surface area contributed by atoms with Gasteiger partial charge in [0.05, 0.1) is 6.54 Å². The average molecular weight is 361 g/mol. The second kappa shape index (κ2) is 6.78. The van der Waals surface area contributed by atoms with E-state index < -0.39 is 30.1 Å². The molecular weight excluding hydrogens is 341 g/mol. The lowest BCUT2D eigenvalue weighted by Crippen LogP contribution is -2.49. The quantitative estimate of drug-likeness (QED) is 0.746. The first-order valence-electron chi connectivity index (χ1n) is 8.33. The summed E-state index contributed by atoms with van der Waals surface area (Å²) in [4.78, 5) is 39.7. The van der Waals surface area contributed by atoms with Crippen molar-refractivity contribution in [1.82, 2.24) is 15.2 Å². The number of aromatic nitrogens is 1. The molecule has 26 heavy (non-hydrogen) atoms. The fourth-order valence-electron chi connectivity index (χ4n) is 3.32. The van der Waals surface area contributed by atoms with Crippen molar-refractivity contribution in [2.24, 2.45) is 0 Å². The number of aliphatic carboxylic acids is 1. The van der Waals surface area contributed by atoms with Crippen molar-refractivity contribution in [3.63, 3.8) is 0 Å². The van der Waals surface area contributed by atoms with Crippen molar-refractivity contribution in [1.29, 1.82) is 0 Å². The second-order valence-corrected chi connectivity index (χ2v) is 6.60. The zero-order valence-electron chi connectivity index (χ0n) is 14.3. The lowest BCUT2D eigenvalue weighted by Gasteiger charge is -2.24. The number of rotatable bonds is 5. The molecule has 1 fully saturated rings. The van der Waals surface area contributed by atoms with E-state index in [9.17, 15) is 18.8 Å². The van der Waals surface area contributed by atoms with Crippen LogP contribution in [-0.4, -0.2) is 57.6 Å². The third-order valence-corrected chi connectivity index (χ3v) is 4.69. The van der Waals surface area contributed by atoms with Crippen LogP contribution in [0.3, 0.4) is 0 Å². The standard InChI is InChI=1S/C18H20FN3O4/c1-11(23)21-15(8-12-9-20-14-5-3-2-4-13(12)14)16(24)22-7-6-18(19,10-22)17(25)26/h2-5,9,15,20H,6-8,10H2,1H3,(H,21,23)(H,25,26). The number of hydrogen-bond donors (Lipinski definition) is 3. The van der Waals surface area contributed by atoms with Crippen molar-refractivity contribution in [3.05, 3.63) is 36.0 Å². The molecule has 3 N–H and O–H groups in total. The molecule has 1 aliphatic heterocycles. The van der Waals surface area contributed by atoms with Crippen molar-refractivity contribution in [2.45, 2.75) is 31.5 Å². The van der Waals surface area contributed by atoms with Crippen LogP contribution < -0.4 is 5.32 Å². The second-order valence-electron chi connectivity index (χ2n) is 6.60. The summed E-state index contributed by atoms with van der Waals surface area (Å²) in [7, 11) is 0. The highest BCUT2D eigenvalue weighted by Crippen LogP contribution is 2.27. The fourth-order valence-corrected chi connectivity index (χ4v) is 3.32. The number of para-hydroxylation sites is 1. The first kappa shape index (κ1) is 17.9. The van der Waals surface area contributed by atoms with Crippen LogP contribution in [0.2, 0.25) is 0 Å². The van der Waals surface area contributed by atoms with Crippen LogP contribution >= 0.6 is 0 Å². The number of benzene rings is 1. The number of carbonyl (C=O) groups excluding carboxylic acids is 2. The number of aromatic amines is 1. The summed E-state index contributed by atoms with van der Waals surface area (Å²) in [5.41, 5.74) is -0.681. The molecule has 0 bridgehead atoms. The Morgan fingerprint density at radius 3 is 2.77 bits per heavy atom. The minimum Gasteiger partial charge on any atom is -0.479 e. The zero-order chi connectivity index (χ0) is 18.9. The van der Waals surface area contributed by atoms with Crippen LogP contribution in [0.15, 0.2) is 30.5 Å². The number of amides is 2. The highest BCUT2D eigenvalue weighted by atomic mass is 19.1. The highest BCUT2D eigenvalue weighted by molar-refractivity contribution is 5.90. The molecule has 2 atom stereocenters. The number of alkyl halides is 1. The van der Waals surface area contributed by atoms with Crippen molar-refractivity contribution >= 4 is 28.7 Å². The van der Waals surface area contributed by atoms with Gasteiger partial charge in [0.2, 0.25) is 17.5 Å². The molecule has 1 aromatic carbocycles. The average Bonchev–Trinajstić information content (AvgIpc) is 3.18. The van der Waals surface area contributed by atoms with Crippen LogP contribution in [0.5, 0.6) is 0 Å². The smallest absolute Gasteiger partial charge is 0.343 e. The first-order valence-corrected chi connectivity index (χ1v) is 8.33. The maximum absolute atomic E-state index is 14.3. The molecule has 1 saturated heterocycles. The van der Waals surface area contributed by atoms with Crippen LogP contribution in [0.1, 0.15) is 18.9 Å². The molecule has 2 unspecified atom stereocenters. The third-order valence-electron chi connectivity index (χ3n) is 4.69. The van der Waals surface area contributed by atoms with Crippen molar-refractivity contribution in [2.75, 3.05) is 13.1 Å². The van der Waals surface area contributed by atoms with Gasteiger partial charge in [0.1, 0.15) is 6.04 Å². The SMILES string of the molecule is CC(=O)NC(Cc1c[nH]c2ccccc12)C(=O)N1CCC(F)(C(=O)O)C1. The van der Waals surface area contributed by atoms with Gasteiger partial charge in [-0.1, -0.05) is 18.2 Å². The van der Waals surface area contributed by atoms with Crippen LogP contribution in [0.25, 0.3) is 10.9 Å². The molecule has 138 valence electrons. The number of H-pyrrole nitrogens is 1. The minimum absolute atomic E-state index is 0.00556. The summed E-state index contributed by atoms with van der Waals surface area (Å²) in [6.07, 6.45) is 1.74. The Morgan fingerprint density at radius 2 is 2.12 bits per heavy atom. The number of carboxylic acids is 1. The summed E-state index contributed by atoms with van der Waals surface area (Å²) in [6, 6.07) is 6.68. The van der Waals surface area contributed by atoms with E-state index in [0.717, 1.165) is 16.5 Å². The molecule has 0 spiro atoms. The number of fused-ring (bicyclic) bond motifs is 1. The van der Waals surface area contributed by atoms with Crippen molar-refractivity contribution < 1.29 is 23.9 Å². The van der Waals surface area contributed by atoms with Crippen molar-refractivity contribution in [3.8, 4) is 0 Å². The minimum atomic E-state index is -2.43. The molecule has 8 heteroatoms. The number of nitrogens with one attached hydrogen (secondary N) is 2. The molecule has 2 heterocycles. The summed E-state index contributed by atoms with van der Waals surface area (Å²) in [6.45, 7) is 0.799. The largest absolute Gasteiger partial charge is 0.479 e. The number of carbonyl (C=O) groups is 3. The van der Waals surface area contributed by atoms with Crippen LogP contribution in [-0.2, 0) is 20.8 Å². The molecular formula is C18H20FN3O4. The lowest BCUT2D eigenvalue weighted by molar-refractivity contribution is -0.150. The maximum atomic E-state index is 14.3. The van der Waals surface area contributed by atoms with E-state index in [2.05, 4.69) is 10.3 Å². The predicted octanol–water partition coefficient (Wildman–Crippen LogP) is 1.24. The van der Waals surface area contributed by atoms with Crippen LogP contribution in [0, 0.1) is 0 Å². The predicted molar refractivity (Wildman–Crippen MR) is 92.3 cm³/mol. The Labute approximate surface area is 149 Å². The Hall–Kier alpha value is -2.90. The number of likely N-dealkylation sites (tertiary alicyclic amines) is 1. The van der Waals surface area contributed by atoms with E-state index in [1.165, 1.54) is 11.8 Å². The monoisotopic (exact) mass is 361 g/mol. The highest BCUT2D eigenvalue weighted by Gasteiger charge is 2.47. The third kappa shape index (κ3) is 3.40. The Kier molecular flexibility index (Phi) is 4.67. The molecule has 1 aliphatic rings. The summed E-state index contributed by atoms with van der Waals surface area (Å²) >= 11 is 0. The molecule has 0 radical (unpaired) electrons. The topological polar surface area (TPSA) is 103 Å². The van der Waals surface area contributed by atoms with Crippen LogP contribution in [0.4, 0.5) is 4.39 Å². The Bertz CT molecular complexity index is 865. The molecule has 0 aliphatic carbocycles. The zero-order valence-corrected chi connectivity index (χ0v) is 14.3. The Morgan fingerprint density at radius 1 is 1.38 bits per heavy atom. The van der Waals surface area contributed by atoms with Gasteiger partial charge in [0, 0.05) is 43.4 Å². The van der Waals surface area contributed by atoms with Gasteiger partial charge in [-0.25, -0.2) is 9.18 Å². The van der Waals surface area contributed by atoms with Gasteiger partial charge in [-0.3, -0.25) is 9.59 Å². The number of hydrogen-bond acceptors (Lipinski definition) is 3. The maximum Gasteiger partial charge on any atom is 0.343 e.